The maximum Gasteiger partial charge on any atom is 0.0800 e. The summed E-state index contributed by atoms with van der Waals surface area (Å²) in [7, 11) is 0. The third-order valence-corrected chi connectivity index (χ3v) is 1.91. The summed E-state index contributed by atoms with van der Waals surface area (Å²) in [5.41, 5.74) is 0. The van der Waals surface area contributed by atoms with E-state index in [4.69, 9.17) is 4.74 Å². The lowest BCUT2D eigenvalue weighted by Crippen LogP contribution is -2.34. The van der Waals surface area contributed by atoms with E-state index in [1.54, 1.807) is 0 Å². The predicted octanol–water partition coefficient (Wildman–Crippen LogP) is 0.792. The molecule has 1 rings (SSSR count). The first-order valence-electron chi connectivity index (χ1n) is 3.50. The summed E-state index contributed by atoms with van der Waals surface area (Å²) in [6.45, 7) is 4.62. The molecule has 2 nitrogen and oxygen atoms in total. The number of hydrogen-bond acceptors (Lipinski definition) is 2. The average molecular weight is 130 g/mol. The molecule has 3 atom stereocenters. The molecule has 1 aliphatic heterocycles. The van der Waals surface area contributed by atoms with Gasteiger partial charge in [-0.3, -0.25) is 0 Å². The number of ether oxygens (including phenoxy) is 1. The van der Waals surface area contributed by atoms with Gasteiger partial charge in [-0.25, -0.2) is 0 Å². The molecule has 1 heterocycles. The molecule has 0 aromatic rings. The van der Waals surface area contributed by atoms with Crippen molar-refractivity contribution < 1.29 is 9.84 Å². The van der Waals surface area contributed by atoms with Crippen molar-refractivity contribution in [3.63, 3.8) is 0 Å². The molecule has 0 bridgehead atoms. The highest BCUT2D eigenvalue weighted by molar-refractivity contribution is 4.72. The van der Waals surface area contributed by atoms with Crippen molar-refractivity contribution in [1.82, 2.24) is 0 Å². The highest BCUT2D eigenvalue weighted by Crippen LogP contribution is 2.18. The first-order chi connectivity index (χ1) is 4.20. The Morgan fingerprint density at radius 2 is 2.11 bits per heavy atom. The predicted molar refractivity (Wildman–Crippen MR) is 35.2 cm³/mol. The second-order valence-electron chi connectivity index (χ2n) is 2.92. The van der Waals surface area contributed by atoms with Crippen LogP contribution in [-0.2, 0) is 4.74 Å². The summed E-state index contributed by atoms with van der Waals surface area (Å²) in [4.78, 5) is 0. The largest absolute Gasteiger partial charge is 0.390 e. The summed E-state index contributed by atoms with van der Waals surface area (Å²) in [5.74, 6) is 0.411. The minimum Gasteiger partial charge on any atom is -0.390 e. The summed E-state index contributed by atoms with van der Waals surface area (Å²) in [6.07, 6.45) is 1.09. The van der Waals surface area contributed by atoms with Crippen LogP contribution in [0.3, 0.4) is 0 Å². The van der Waals surface area contributed by atoms with Crippen molar-refractivity contribution in [1.29, 1.82) is 0 Å². The van der Waals surface area contributed by atoms with Crippen molar-refractivity contribution in [3.05, 3.63) is 0 Å². The minimum absolute atomic E-state index is 0.235. The van der Waals surface area contributed by atoms with E-state index in [0.29, 0.717) is 18.6 Å². The van der Waals surface area contributed by atoms with Crippen LogP contribution in [-0.4, -0.2) is 23.9 Å². The molecule has 1 N–H and O–H groups in total. The Hall–Kier alpha value is -0.0800. The van der Waals surface area contributed by atoms with Gasteiger partial charge in [0.25, 0.3) is 0 Å². The molecule has 0 amide bonds. The van der Waals surface area contributed by atoms with Gasteiger partial charge in [0, 0.05) is 0 Å². The van der Waals surface area contributed by atoms with E-state index in [1.807, 2.05) is 6.92 Å². The second kappa shape index (κ2) is 2.67. The molecule has 1 unspecified atom stereocenters. The molecule has 0 aliphatic carbocycles. The number of aliphatic hydroxyl groups is 1. The van der Waals surface area contributed by atoms with Gasteiger partial charge in [-0.2, -0.15) is 0 Å². The smallest absolute Gasteiger partial charge is 0.0800 e. The van der Waals surface area contributed by atoms with E-state index in [-0.39, 0.29) is 6.10 Å². The minimum atomic E-state index is -0.235. The van der Waals surface area contributed by atoms with Gasteiger partial charge in [0.1, 0.15) is 0 Å². The number of aliphatic hydroxyl groups excluding tert-OH is 1. The van der Waals surface area contributed by atoms with Gasteiger partial charge < -0.3 is 9.84 Å². The molecule has 0 radical (unpaired) electrons. The first kappa shape index (κ1) is 7.03. The van der Waals surface area contributed by atoms with E-state index in [9.17, 15) is 5.11 Å². The van der Waals surface area contributed by atoms with Gasteiger partial charge in [-0.1, -0.05) is 6.92 Å². The van der Waals surface area contributed by atoms with E-state index in [1.165, 1.54) is 0 Å². The van der Waals surface area contributed by atoms with Crippen LogP contribution in [0.1, 0.15) is 20.3 Å². The molecule has 0 aromatic heterocycles. The van der Waals surface area contributed by atoms with Gasteiger partial charge >= 0.3 is 0 Å². The van der Waals surface area contributed by atoms with Crippen LogP contribution in [0, 0.1) is 5.92 Å². The van der Waals surface area contributed by atoms with Crippen LogP contribution >= 0.6 is 0 Å². The Morgan fingerprint density at radius 1 is 1.44 bits per heavy atom. The fourth-order valence-electron chi connectivity index (χ4n) is 1.18. The Labute approximate surface area is 55.8 Å². The Kier molecular flexibility index (Phi) is 2.09. The van der Waals surface area contributed by atoms with Gasteiger partial charge in [0.15, 0.2) is 0 Å². The van der Waals surface area contributed by atoms with Gasteiger partial charge in [-0.05, 0) is 19.3 Å². The van der Waals surface area contributed by atoms with Crippen LogP contribution in [0.2, 0.25) is 0 Å². The summed E-state index contributed by atoms with van der Waals surface area (Å²) < 4.78 is 5.21. The lowest BCUT2D eigenvalue weighted by Gasteiger charge is -2.28. The summed E-state index contributed by atoms with van der Waals surface area (Å²) in [5, 5.41) is 9.17. The van der Waals surface area contributed by atoms with Crippen LogP contribution < -0.4 is 0 Å². The van der Waals surface area contributed by atoms with Crippen molar-refractivity contribution in [2.45, 2.75) is 32.5 Å². The van der Waals surface area contributed by atoms with E-state index < -0.39 is 0 Å². The zero-order valence-corrected chi connectivity index (χ0v) is 6.00. The van der Waals surface area contributed by atoms with Crippen LogP contribution in [0.25, 0.3) is 0 Å². The fraction of sp³-hybridized carbons (Fsp3) is 1.00. The fourth-order valence-corrected chi connectivity index (χ4v) is 1.18. The molecule has 1 saturated heterocycles. The quantitative estimate of drug-likeness (QED) is 0.525. The molecule has 9 heavy (non-hydrogen) atoms. The van der Waals surface area contributed by atoms with Crippen molar-refractivity contribution in [3.8, 4) is 0 Å². The molecule has 1 aliphatic rings. The van der Waals surface area contributed by atoms with Crippen LogP contribution in [0.15, 0.2) is 0 Å². The summed E-state index contributed by atoms with van der Waals surface area (Å²) >= 11 is 0. The summed E-state index contributed by atoms with van der Waals surface area (Å²) in [6, 6.07) is 0. The Balaban J connectivity index is 2.35. The van der Waals surface area contributed by atoms with E-state index in [2.05, 4.69) is 6.92 Å². The third-order valence-electron chi connectivity index (χ3n) is 1.91. The van der Waals surface area contributed by atoms with E-state index in [0.717, 1.165) is 6.42 Å². The maximum absolute atomic E-state index is 9.17. The molecule has 2 heteroatoms. The van der Waals surface area contributed by atoms with Crippen molar-refractivity contribution >= 4 is 0 Å². The molecule has 54 valence electrons. The third kappa shape index (κ3) is 1.66. The second-order valence-corrected chi connectivity index (χ2v) is 2.92. The topological polar surface area (TPSA) is 29.5 Å². The van der Waals surface area contributed by atoms with Crippen molar-refractivity contribution in [2.24, 2.45) is 5.92 Å². The molecular weight excluding hydrogens is 116 g/mol. The van der Waals surface area contributed by atoms with Crippen LogP contribution in [0.5, 0.6) is 0 Å². The van der Waals surface area contributed by atoms with Gasteiger partial charge in [0.05, 0.1) is 18.8 Å². The zero-order valence-electron chi connectivity index (χ0n) is 6.00. The molecule has 0 spiro atoms. The molecule has 1 fully saturated rings. The normalized spacial score (nSPS) is 45.0. The first-order valence-corrected chi connectivity index (χ1v) is 3.50. The average Bonchev–Trinajstić information content (AvgIpc) is 1.80. The maximum atomic E-state index is 9.17. The lowest BCUT2D eigenvalue weighted by atomic mass is 9.96. The van der Waals surface area contributed by atoms with Gasteiger partial charge in [0.2, 0.25) is 0 Å². The lowest BCUT2D eigenvalue weighted by molar-refractivity contribution is -0.0762. The monoisotopic (exact) mass is 130 g/mol. The highest BCUT2D eigenvalue weighted by Gasteiger charge is 2.23. The highest BCUT2D eigenvalue weighted by atomic mass is 16.5. The van der Waals surface area contributed by atoms with Crippen LogP contribution in [0.4, 0.5) is 0 Å². The number of hydrogen-bond donors (Lipinski definition) is 1. The SMILES string of the molecule is CC1C[C@@H](C)OC[C@@H]1O. The zero-order chi connectivity index (χ0) is 6.85. The van der Waals surface area contributed by atoms with Crippen molar-refractivity contribution in [2.75, 3.05) is 6.61 Å². The van der Waals surface area contributed by atoms with E-state index >= 15 is 0 Å². The Bertz CT molecular complexity index is 92.9. The van der Waals surface area contributed by atoms with Gasteiger partial charge in [-0.15, -0.1) is 0 Å². The molecule has 0 aromatic carbocycles. The Morgan fingerprint density at radius 3 is 2.56 bits per heavy atom. The molecule has 0 saturated carbocycles. The standard InChI is InChI=1S/C7H14O2/c1-5-3-6(2)9-4-7(5)8/h5-8H,3-4H2,1-2H3/t5?,6-,7+/m1/s1. The number of rotatable bonds is 0. The molecular formula is C7H14O2.